The second kappa shape index (κ2) is 7.09. The van der Waals surface area contributed by atoms with E-state index in [0.717, 1.165) is 18.4 Å². The minimum absolute atomic E-state index is 0.0180. The lowest BCUT2D eigenvalue weighted by Crippen LogP contribution is -2.49. The van der Waals surface area contributed by atoms with Crippen LogP contribution in [0.4, 0.5) is 0 Å². The van der Waals surface area contributed by atoms with Crippen LogP contribution in [-0.4, -0.2) is 37.6 Å². The number of nitrogens with zero attached hydrogens (tertiary/aromatic N) is 1. The van der Waals surface area contributed by atoms with Crippen molar-refractivity contribution in [2.75, 3.05) is 12.3 Å². The van der Waals surface area contributed by atoms with Crippen molar-refractivity contribution < 1.29 is 14.1 Å². The maximum Gasteiger partial charge on any atom is 0.305 e. The standard InChI is InChI=1S/C14H18N2O3S2/c17-12(18)5-8-16-13(20)14(6-1-2-9-21(14)19)11-4-3-7-15-10-11/h3-4,7,10H,1-2,5-6,8-9H2,(H,16,20)(H,17,18)/t14-,21?/m1/s1. The molecular weight excluding hydrogens is 308 g/mol. The van der Waals surface area contributed by atoms with Gasteiger partial charge in [0.05, 0.1) is 11.4 Å². The first kappa shape index (κ1) is 16.0. The molecule has 1 aromatic rings. The van der Waals surface area contributed by atoms with E-state index in [1.54, 1.807) is 12.4 Å². The monoisotopic (exact) mass is 326 g/mol. The molecule has 1 unspecified atom stereocenters. The third-order valence-corrected chi connectivity index (χ3v) is 6.32. The van der Waals surface area contributed by atoms with Crippen LogP contribution < -0.4 is 5.32 Å². The topological polar surface area (TPSA) is 79.3 Å². The van der Waals surface area contributed by atoms with Crippen LogP contribution in [0.25, 0.3) is 0 Å². The van der Waals surface area contributed by atoms with Crippen LogP contribution in [0.5, 0.6) is 0 Å². The van der Waals surface area contributed by atoms with E-state index in [1.165, 1.54) is 0 Å². The molecule has 0 aromatic carbocycles. The summed E-state index contributed by atoms with van der Waals surface area (Å²) in [7, 11) is -1.12. The van der Waals surface area contributed by atoms with Gasteiger partial charge in [0, 0.05) is 35.5 Å². The Kier molecular flexibility index (Phi) is 5.41. The number of carboxylic acids is 1. The number of rotatable bonds is 5. The number of aromatic nitrogens is 1. The zero-order valence-corrected chi connectivity index (χ0v) is 13.2. The molecule has 1 aliphatic heterocycles. The summed E-state index contributed by atoms with van der Waals surface area (Å²) in [6, 6.07) is 3.70. The van der Waals surface area contributed by atoms with Crippen molar-refractivity contribution in [3.63, 3.8) is 0 Å². The van der Waals surface area contributed by atoms with Crippen molar-refractivity contribution in [1.29, 1.82) is 0 Å². The second-order valence-corrected chi connectivity index (χ2v) is 7.18. The molecule has 2 rings (SSSR count). The molecule has 0 radical (unpaired) electrons. The van der Waals surface area contributed by atoms with Crippen LogP contribution >= 0.6 is 12.2 Å². The Morgan fingerprint density at radius 2 is 2.33 bits per heavy atom. The van der Waals surface area contributed by atoms with Gasteiger partial charge in [0.2, 0.25) is 0 Å². The lowest BCUT2D eigenvalue weighted by molar-refractivity contribution is -0.136. The van der Waals surface area contributed by atoms with Gasteiger partial charge in [0.1, 0.15) is 4.75 Å². The summed E-state index contributed by atoms with van der Waals surface area (Å²) in [6.45, 7) is 0.243. The summed E-state index contributed by atoms with van der Waals surface area (Å²) in [5, 5.41) is 11.7. The molecule has 0 amide bonds. The van der Waals surface area contributed by atoms with Crippen LogP contribution in [0, 0.1) is 0 Å². The normalized spacial score (nSPS) is 25.2. The van der Waals surface area contributed by atoms with E-state index < -0.39 is 21.5 Å². The van der Waals surface area contributed by atoms with Gasteiger partial charge in [-0.25, -0.2) is 0 Å². The second-order valence-electron chi connectivity index (χ2n) is 4.98. The van der Waals surface area contributed by atoms with Crippen LogP contribution in [-0.2, 0) is 20.3 Å². The molecule has 0 aliphatic carbocycles. The van der Waals surface area contributed by atoms with Crippen molar-refractivity contribution >= 4 is 34.0 Å². The van der Waals surface area contributed by atoms with E-state index in [2.05, 4.69) is 10.3 Å². The van der Waals surface area contributed by atoms with Crippen molar-refractivity contribution in [1.82, 2.24) is 10.3 Å². The Morgan fingerprint density at radius 1 is 1.52 bits per heavy atom. The van der Waals surface area contributed by atoms with Crippen LogP contribution in [0.1, 0.15) is 31.2 Å². The first-order valence-electron chi connectivity index (χ1n) is 6.86. The molecule has 2 heterocycles. The van der Waals surface area contributed by atoms with Gasteiger partial charge in [-0.2, -0.15) is 0 Å². The average Bonchev–Trinajstić information content (AvgIpc) is 2.48. The Bertz CT molecular complexity index is 550. The number of carbonyl (C=O) groups is 1. The van der Waals surface area contributed by atoms with E-state index in [-0.39, 0.29) is 13.0 Å². The quantitative estimate of drug-likeness (QED) is 0.800. The zero-order valence-electron chi connectivity index (χ0n) is 11.6. The summed E-state index contributed by atoms with van der Waals surface area (Å²) in [6.07, 6.45) is 5.92. The van der Waals surface area contributed by atoms with E-state index >= 15 is 0 Å². The van der Waals surface area contributed by atoms with E-state index in [0.29, 0.717) is 17.2 Å². The molecule has 1 aromatic heterocycles. The summed E-state index contributed by atoms with van der Waals surface area (Å²) in [4.78, 5) is 15.2. The highest BCUT2D eigenvalue weighted by Crippen LogP contribution is 2.38. The molecule has 0 bridgehead atoms. The predicted octanol–water partition coefficient (Wildman–Crippen LogP) is 1.60. The van der Waals surface area contributed by atoms with Gasteiger partial charge in [-0.1, -0.05) is 24.7 Å². The first-order valence-corrected chi connectivity index (χ1v) is 8.59. The molecule has 5 nitrogen and oxygen atoms in total. The average molecular weight is 326 g/mol. The molecule has 1 fully saturated rings. The summed E-state index contributed by atoms with van der Waals surface area (Å²) >= 11 is 5.47. The van der Waals surface area contributed by atoms with Crippen molar-refractivity contribution in [2.45, 2.75) is 30.4 Å². The van der Waals surface area contributed by atoms with Crippen LogP contribution in [0.3, 0.4) is 0 Å². The molecule has 21 heavy (non-hydrogen) atoms. The lowest BCUT2D eigenvalue weighted by Gasteiger charge is -2.37. The largest absolute Gasteiger partial charge is 0.481 e. The molecule has 2 N–H and O–H groups in total. The van der Waals surface area contributed by atoms with Gasteiger partial charge in [0.15, 0.2) is 0 Å². The zero-order chi connectivity index (χ0) is 15.3. The molecule has 1 aliphatic rings. The van der Waals surface area contributed by atoms with Gasteiger partial charge in [-0.15, -0.1) is 0 Å². The van der Waals surface area contributed by atoms with E-state index in [1.807, 2.05) is 12.1 Å². The molecule has 0 spiro atoms. The molecule has 0 saturated carbocycles. The number of pyridine rings is 1. The summed E-state index contributed by atoms with van der Waals surface area (Å²) in [5.74, 6) is -0.277. The highest BCUT2D eigenvalue weighted by molar-refractivity contribution is 7.90. The van der Waals surface area contributed by atoms with Gasteiger partial charge in [-0.05, 0) is 24.5 Å². The molecular formula is C14H18N2O3S2. The fourth-order valence-corrected chi connectivity index (χ4v) is 5.00. The van der Waals surface area contributed by atoms with Gasteiger partial charge >= 0.3 is 5.97 Å². The Labute approximate surface area is 131 Å². The number of carboxylic acid groups (broad SMARTS) is 1. The van der Waals surface area contributed by atoms with Crippen LogP contribution in [0.2, 0.25) is 0 Å². The number of aliphatic carboxylic acids is 1. The summed E-state index contributed by atoms with van der Waals surface area (Å²) in [5.41, 5.74) is 0.843. The van der Waals surface area contributed by atoms with Crippen molar-refractivity contribution in [3.05, 3.63) is 30.1 Å². The maximum absolute atomic E-state index is 12.7. The molecule has 114 valence electrons. The Morgan fingerprint density at radius 3 is 2.95 bits per heavy atom. The van der Waals surface area contributed by atoms with Gasteiger partial charge in [-0.3, -0.25) is 14.0 Å². The van der Waals surface area contributed by atoms with Gasteiger partial charge in [0.25, 0.3) is 0 Å². The number of nitrogens with one attached hydrogen (secondary N) is 1. The smallest absolute Gasteiger partial charge is 0.305 e. The third-order valence-electron chi connectivity index (χ3n) is 3.62. The Balaban J connectivity index is 2.26. The Hall–Kier alpha value is -1.34. The van der Waals surface area contributed by atoms with Crippen molar-refractivity contribution in [3.8, 4) is 0 Å². The molecule has 2 atom stereocenters. The number of thiocarbonyl (C=S) groups is 1. The predicted molar refractivity (Wildman–Crippen MR) is 85.6 cm³/mol. The number of hydrogen-bond acceptors (Lipinski definition) is 4. The first-order chi connectivity index (χ1) is 10.1. The fraction of sp³-hybridized carbons (Fsp3) is 0.500. The van der Waals surface area contributed by atoms with Crippen molar-refractivity contribution in [2.24, 2.45) is 0 Å². The van der Waals surface area contributed by atoms with Crippen LogP contribution in [0.15, 0.2) is 24.5 Å². The minimum Gasteiger partial charge on any atom is -0.481 e. The maximum atomic E-state index is 12.7. The van der Waals surface area contributed by atoms with E-state index in [4.69, 9.17) is 17.3 Å². The lowest BCUT2D eigenvalue weighted by atomic mass is 9.92. The van der Waals surface area contributed by atoms with E-state index in [9.17, 15) is 9.00 Å². The minimum atomic E-state index is -1.12. The molecule has 7 heteroatoms. The number of hydrogen-bond donors (Lipinski definition) is 2. The third kappa shape index (κ3) is 3.47. The fourth-order valence-electron chi connectivity index (χ4n) is 2.55. The SMILES string of the molecule is O=C(O)CCNC(=S)[C@]1(c2cccnc2)CCCCS1=O. The highest BCUT2D eigenvalue weighted by Gasteiger charge is 2.44. The molecule has 1 saturated heterocycles. The summed E-state index contributed by atoms with van der Waals surface area (Å²) < 4.78 is 12.0. The highest BCUT2D eigenvalue weighted by atomic mass is 32.2. The van der Waals surface area contributed by atoms with Gasteiger partial charge < -0.3 is 10.4 Å².